The zero-order chi connectivity index (χ0) is 16.9. The van der Waals surface area contributed by atoms with E-state index in [1.165, 1.54) is 12.1 Å². The Labute approximate surface area is 138 Å². The molecule has 24 heavy (non-hydrogen) atoms. The number of ether oxygens (including phenoxy) is 2. The van der Waals surface area contributed by atoms with E-state index in [2.05, 4.69) is 5.32 Å². The Morgan fingerprint density at radius 3 is 2.75 bits per heavy atom. The lowest BCUT2D eigenvalue weighted by Crippen LogP contribution is -2.16. The zero-order valence-electron chi connectivity index (χ0n) is 12.9. The molecule has 1 aliphatic heterocycles. The first-order chi connectivity index (χ1) is 11.6. The summed E-state index contributed by atoms with van der Waals surface area (Å²) in [7, 11) is 0. The third-order valence-corrected chi connectivity index (χ3v) is 3.75. The number of nitrogens with zero attached hydrogens (tertiary/aromatic N) is 1. The lowest BCUT2D eigenvalue weighted by atomic mass is 10.2. The van der Waals surface area contributed by atoms with Crippen molar-refractivity contribution in [2.24, 2.45) is 0 Å². The van der Waals surface area contributed by atoms with Gasteiger partial charge in [-0.15, -0.1) is 0 Å². The molecule has 1 heterocycles. The Hall–Kier alpha value is -2.67. The first-order valence-electron chi connectivity index (χ1n) is 7.67. The molecule has 0 bridgehead atoms. The fraction of sp³-hybridized carbons (Fsp3) is 0.294. The number of nitrogens with one attached hydrogen (secondary N) is 1. The maximum absolute atomic E-state index is 13.2. The van der Waals surface area contributed by atoms with E-state index in [-0.39, 0.29) is 17.5 Å². The van der Waals surface area contributed by atoms with Crippen LogP contribution in [0.5, 0.6) is 5.75 Å². The van der Waals surface area contributed by atoms with Crippen molar-refractivity contribution < 1.29 is 18.8 Å². The van der Waals surface area contributed by atoms with Crippen LogP contribution >= 0.6 is 0 Å². The Kier molecular flexibility index (Phi) is 4.90. The van der Waals surface area contributed by atoms with E-state index < -0.39 is 10.7 Å². The van der Waals surface area contributed by atoms with Gasteiger partial charge < -0.3 is 14.8 Å². The molecule has 0 unspecified atom stereocenters. The molecule has 0 aliphatic carbocycles. The van der Waals surface area contributed by atoms with Gasteiger partial charge in [0, 0.05) is 12.3 Å². The molecule has 126 valence electrons. The van der Waals surface area contributed by atoms with Crippen LogP contribution in [0.15, 0.2) is 42.5 Å². The predicted octanol–water partition coefficient (Wildman–Crippen LogP) is 4.04. The van der Waals surface area contributed by atoms with Gasteiger partial charge in [-0.05, 0) is 49.2 Å². The summed E-state index contributed by atoms with van der Waals surface area (Å²) < 4.78 is 24.3. The van der Waals surface area contributed by atoms with E-state index in [9.17, 15) is 14.5 Å². The topological polar surface area (TPSA) is 73.6 Å². The Bertz CT molecular complexity index is 715. The summed E-state index contributed by atoms with van der Waals surface area (Å²) in [6, 6.07) is 10.4. The highest BCUT2D eigenvalue weighted by molar-refractivity contribution is 5.69. The molecule has 1 N–H and O–H groups in total. The van der Waals surface area contributed by atoms with Gasteiger partial charge in [-0.2, -0.15) is 0 Å². The van der Waals surface area contributed by atoms with E-state index >= 15 is 0 Å². The van der Waals surface area contributed by atoms with Gasteiger partial charge in [0.2, 0.25) is 0 Å². The summed E-state index contributed by atoms with van der Waals surface area (Å²) in [4.78, 5) is 10.4. The van der Waals surface area contributed by atoms with Crippen molar-refractivity contribution in [1.29, 1.82) is 0 Å². The summed E-state index contributed by atoms with van der Waals surface area (Å²) in [6.45, 7) is 1.30. The lowest BCUT2D eigenvalue weighted by Gasteiger charge is -2.12. The minimum Gasteiger partial charge on any atom is -0.491 e. The molecular weight excluding hydrogens is 315 g/mol. The van der Waals surface area contributed by atoms with E-state index in [1.54, 1.807) is 24.3 Å². The molecule has 3 rings (SSSR count). The smallest absolute Gasteiger partial charge is 0.295 e. The van der Waals surface area contributed by atoms with Crippen LogP contribution in [0.1, 0.15) is 12.8 Å². The van der Waals surface area contributed by atoms with Crippen LogP contribution in [0, 0.1) is 15.9 Å². The summed E-state index contributed by atoms with van der Waals surface area (Å²) in [6.07, 6.45) is 2.21. The molecule has 7 heteroatoms. The van der Waals surface area contributed by atoms with E-state index in [1.807, 2.05) is 0 Å². The third kappa shape index (κ3) is 3.99. The number of benzene rings is 2. The number of nitro groups is 1. The van der Waals surface area contributed by atoms with Gasteiger partial charge >= 0.3 is 0 Å². The highest BCUT2D eigenvalue weighted by Crippen LogP contribution is 2.29. The predicted molar refractivity (Wildman–Crippen MR) is 87.2 cm³/mol. The minimum atomic E-state index is -0.648. The molecule has 0 saturated carbocycles. The van der Waals surface area contributed by atoms with Crippen molar-refractivity contribution in [2.45, 2.75) is 18.9 Å². The second-order valence-corrected chi connectivity index (χ2v) is 5.51. The van der Waals surface area contributed by atoms with Gasteiger partial charge in [0.1, 0.15) is 23.9 Å². The molecular formula is C17H17FN2O4. The van der Waals surface area contributed by atoms with Crippen molar-refractivity contribution in [3.8, 4) is 5.75 Å². The molecule has 1 aliphatic rings. The molecule has 0 aromatic heterocycles. The summed E-state index contributed by atoms with van der Waals surface area (Å²) in [5.74, 6) is 0.0507. The van der Waals surface area contributed by atoms with E-state index in [0.29, 0.717) is 18.0 Å². The Morgan fingerprint density at radius 1 is 1.29 bits per heavy atom. The van der Waals surface area contributed by atoms with Crippen molar-refractivity contribution >= 4 is 17.1 Å². The standard InChI is InChI=1S/C17H17FN2O4/c18-12-3-8-16(17(10-12)20(21)22)19-13-4-6-14(7-5-13)24-11-15-2-1-9-23-15/h3-8,10,15,19H,1-2,9,11H2/t15-/m1/s1. The van der Waals surface area contributed by atoms with Gasteiger partial charge in [-0.3, -0.25) is 10.1 Å². The lowest BCUT2D eigenvalue weighted by molar-refractivity contribution is -0.384. The SMILES string of the molecule is O=[N+]([O-])c1cc(F)ccc1Nc1ccc(OC[C@H]2CCCO2)cc1. The largest absolute Gasteiger partial charge is 0.491 e. The molecule has 1 fully saturated rings. The molecule has 0 radical (unpaired) electrons. The molecule has 0 spiro atoms. The van der Waals surface area contributed by atoms with Crippen LogP contribution in [-0.4, -0.2) is 24.2 Å². The van der Waals surface area contributed by atoms with Crippen LogP contribution in [0.2, 0.25) is 0 Å². The maximum atomic E-state index is 13.2. The van der Waals surface area contributed by atoms with E-state index in [0.717, 1.165) is 25.5 Å². The number of nitro benzene ring substituents is 1. The average molecular weight is 332 g/mol. The normalized spacial score (nSPS) is 16.8. The van der Waals surface area contributed by atoms with E-state index in [4.69, 9.17) is 9.47 Å². The van der Waals surface area contributed by atoms with Crippen LogP contribution in [0.25, 0.3) is 0 Å². The quantitative estimate of drug-likeness (QED) is 0.638. The first kappa shape index (κ1) is 16.2. The van der Waals surface area contributed by atoms with Gasteiger partial charge in [0.15, 0.2) is 0 Å². The number of halogens is 1. The van der Waals surface area contributed by atoms with Gasteiger partial charge in [-0.1, -0.05) is 0 Å². The highest BCUT2D eigenvalue weighted by atomic mass is 19.1. The fourth-order valence-corrected chi connectivity index (χ4v) is 2.52. The third-order valence-electron chi connectivity index (χ3n) is 3.75. The van der Waals surface area contributed by atoms with Crippen LogP contribution in [-0.2, 0) is 4.74 Å². The zero-order valence-corrected chi connectivity index (χ0v) is 12.9. The monoisotopic (exact) mass is 332 g/mol. The van der Waals surface area contributed by atoms with Crippen LogP contribution < -0.4 is 10.1 Å². The number of hydrogen-bond donors (Lipinski definition) is 1. The maximum Gasteiger partial charge on any atom is 0.295 e. The second-order valence-electron chi connectivity index (χ2n) is 5.51. The van der Waals surface area contributed by atoms with Crippen molar-refractivity contribution in [3.05, 3.63) is 58.4 Å². The number of rotatable bonds is 6. The second kappa shape index (κ2) is 7.27. The van der Waals surface area contributed by atoms with Crippen LogP contribution in [0.3, 0.4) is 0 Å². The fourth-order valence-electron chi connectivity index (χ4n) is 2.52. The summed E-state index contributed by atoms with van der Waals surface area (Å²) >= 11 is 0. The van der Waals surface area contributed by atoms with Crippen molar-refractivity contribution in [2.75, 3.05) is 18.5 Å². The molecule has 6 nitrogen and oxygen atoms in total. The molecule has 0 amide bonds. The summed E-state index contributed by atoms with van der Waals surface area (Å²) in [5.41, 5.74) is 0.567. The van der Waals surface area contributed by atoms with Crippen LogP contribution in [0.4, 0.5) is 21.5 Å². The average Bonchev–Trinajstić information content (AvgIpc) is 3.09. The van der Waals surface area contributed by atoms with Crippen molar-refractivity contribution in [1.82, 2.24) is 0 Å². The van der Waals surface area contributed by atoms with Gasteiger partial charge in [0.05, 0.1) is 17.1 Å². The van der Waals surface area contributed by atoms with Gasteiger partial charge in [0.25, 0.3) is 5.69 Å². The number of hydrogen-bond acceptors (Lipinski definition) is 5. The molecule has 2 aromatic carbocycles. The van der Waals surface area contributed by atoms with Crippen molar-refractivity contribution in [3.63, 3.8) is 0 Å². The van der Waals surface area contributed by atoms with Gasteiger partial charge in [-0.25, -0.2) is 4.39 Å². The Morgan fingerprint density at radius 2 is 2.08 bits per heavy atom. The summed E-state index contributed by atoms with van der Waals surface area (Å²) in [5, 5.41) is 13.9. The minimum absolute atomic E-state index is 0.143. The molecule has 2 aromatic rings. The molecule has 1 atom stereocenters. The highest BCUT2D eigenvalue weighted by Gasteiger charge is 2.16. The molecule has 1 saturated heterocycles. The number of anilines is 2. The first-order valence-corrected chi connectivity index (χ1v) is 7.67. The Balaban J connectivity index is 1.64.